The molecule has 2 amide bonds. The lowest BCUT2D eigenvalue weighted by Crippen LogP contribution is -2.42. The Bertz CT molecular complexity index is 826. The van der Waals surface area contributed by atoms with Crippen molar-refractivity contribution in [1.82, 2.24) is 10.2 Å². The fourth-order valence-electron chi connectivity index (χ4n) is 3.22. The molecule has 1 heterocycles. The summed E-state index contributed by atoms with van der Waals surface area (Å²) in [6.07, 6.45) is 0.886. The molecule has 28 heavy (non-hydrogen) atoms. The third-order valence-corrected chi connectivity index (χ3v) is 5.27. The maximum atomic E-state index is 12.5. The van der Waals surface area contributed by atoms with E-state index in [1.165, 1.54) is 0 Å². The van der Waals surface area contributed by atoms with Gasteiger partial charge in [0.15, 0.2) is 0 Å². The second kappa shape index (κ2) is 9.59. The van der Waals surface area contributed by atoms with Crippen LogP contribution in [0.1, 0.15) is 16.8 Å². The molecule has 2 aromatic carbocycles. The van der Waals surface area contributed by atoms with E-state index in [0.717, 1.165) is 35.4 Å². The van der Waals surface area contributed by atoms with Crippen molar-refractivity contribution in [3.8, 4) is 5.75 Å². The van der Waals surface area contributed by atoms with Gasteiger partial charge in [0.25, 0.3) is 5.91 Å². The first-order valence-electron chi connectivity index (χ1n) is 9.27. The third kappa shape index (κ3) is 5.25. The van der Waals surface area contributed by atoms with E-state index >= 15 is 0 Å². The Hall–Kier alpha value is -2.54. The summed E-state index contributed by atoms with van der Waals surface area (Å²) in [5.41, 5.74) is 1.65. The van der Waals surface area contributed by atoms with Gasteiger partial charge in [0.05, 0.1) is 13.7 Å². The van der Waals surface area contributed by atoms with Crippen LogP contribution < -0.4 is 15.0 Å². The average Bonchev–Trinajstić information content (AvgIpc) is 2.98. The summed E-state index contributed by atoms with van der Waals surface area (Å²) < 4.78 is 6.04. The molecule has 0 bridgehead atoms. The quantitative estimate of drug-likeness (QED) is 0.768. The summed E-state index contributed by atoms with van der Waals surface area (Å²) in [5, 5.41) is 2.72. The van der Waals surface area contributed by atoms with Crippen LogP contribution in [-0.2, 0) is 4.79 Å². The Morgan fingerprint density at radius 1 is 1.07 bits per heavy atom. The maximum Gasteiger partial charge on any atom is 0.251 e. The number of ether oxygens (including phenoxy) is 1. The fraction of sp³-hybridized carbons (Fsp3) is 0.333. The monoisotopic (exact) mass is 445 g/mol. The zero-order valence-corrected chi connectivity index (χ0v) is 17.4. The molecular formula is C21H24BrN3O3. The molecule has 0 aromatic heterocycles. The van der Waals surface area contributed by atoms with E-state index in [1.54, 1.807) is 25.3 Å². The zero-order chi connectivity index (χ0) is 19.9. The largest absolute Gasteiger partial charge is 0.497 e. The summed E-state index contributed by atoms with van der Waals surface area (Å²) in [6, 6.07) is 15.1. The summed E-state index contributed by atoms with van der Waals surface area (Å²) in [7, 11) is 1.65. The van der Waals surface area contributed by atoms with Crippen LogP contribution in [0.15, 0.2) is 53.0 Å². The normalized spacial score (nSPS) is 14.4. The lowest BCUT2D eigenvalue weighted by atomic mass is 10.2. The summed E-state index contributed by atoms with van der Waals surface area (Å²) in [5.74, 6) is 0.529. The Balaban J connectivity index is 1.51. The highest BCUT2D eigenvalue weighted by Gasteiger charge is 2.20. The van der Waals surface area contributed by atoms with Gasteiger partial charge < -0.3 is 19.9 Å². The molecule has 1 aliphatic rings. The molecule has 2 aromatic rings. The van der Waals surface area contributed by atoms with Crippen LogP contribution in [0.25, 0.3) is 0 Å². The van der Waals surface area contributed by atoms with Gasteiger partial charge in [-0.3, -0.25) is 9.59 Å². The number of carbonyl (C=O) groups is 2. The number of rotatable bonds is 5. The summed E-state index contributed by atoms with van der Waals surface area (Å²) in [4.78, 5) is 28.9. The van der Waals surface area contributed by atoms with E-state index in [2.05, 4.69) is 26.1 Å². The molecule has 6 nitrogen and oxygen atoms in total. The van der Waals surface area contributed by atoms with Crippen molar-refractivity contribution in [1.29, 1.82) is 0 Å². The zero-order valence-electron chi connectivity index (χ0n) is 15.9. The van der Waals surface area contributed by atoms with Crippen molar-refractivity contribution in [2.45, 2.75) is 6.42 Å². The van der Waals surface area contributed by atoms with Gasteiger partial charge in [-0.25, -0.2) is 0 Å². The SMILES string of the molecule is COc1ccc(N2CCCN(C(=O)CNC(=O)c3cccc(Br)c3)CC2)cc1. The van der Waals surface area contributed by atoms with E-state index in [9.17, 15) is 9.59 Å². The topological polar surface area (TPSA) is 61.9 Å². The summed E-state index contributed by atoms with van der Waals surface area (Å²) >= 11 is 3.35. The predicted octanol–water partition coefficient (Wildman–Crippen LogP) is 2.93. The number of halogens is 1. The van der Waals surface area contributed by atoms with E-state index in [-0.39, 0.29) is 18.4 Å². The minimum Gasteiger partial charge on any atom is -0.497 e. The number of nitrogens with zero attached hydrogens (tertiary/aromatic N) is 2. The highest BCUT2D eigenvalue weighted by atomic mass is 79.9. The molecule has 1 fully saturated rings. The first-order chi connectivity index (χ1) is 13.6. The van der Waals surface area contributed by atoms with Gasteiger partial charge in [0.2, 0.25) is 5.91 Å². The van der Waals surface area contributed by atoms with Gasteiger partial charge in [0, 0.05) is 41.9 Å². The Labute approximate surface area is 173 Å². The van der Waals surface area contributed by atoms with E-state index in [4.69, 9.17) is 4.74 Å². The smallest absolute Gasteiger partial charge is 0.251 e. The predicted molar refractivity (Wildman–Crippen MR) is 113 cm³/mol. The minimum atomic E-state index is -0.246. The van der Waals surface area contributed by atoms with Gasteiger partial charge >= 0.3 is 0 Å². The number of hydrogen-bond donors (Lipinski definition) is 1. The number of anilines is 1. The van der Waals surface area contributed by atoms with Crippen molar-refractivity contribution >= 4 is 33.4 Å². The molecular weight excluding hydrogens is 422 g/mol. The van der Waals surface area contributed by atoms with Crippen LogP contribution >= 0.6 is 15.9 Å². The number of amides is 2. The third-order valence-electron chi connectivity index (χ3n) is 4.77. The molecule has 0 spiro atoms. The van der Waals surface area contributed by atoms with E-state index < -0.39 is 0 Å². The first kappa shape index (κ1) is 20.2. The number of benzene rings is 2. The van der Waals surface area contributed by atoms with Gasteiger partial charge in [-0.15, -0.1) is 0 Å². The average molecular weight is 446 g/mol. The first-order valence-corrected chi connectivity index (χ1v) is 10.1. The van der Waals surface area contributed by atoms with Crippen LogP contribution in [0.3, 0.4) is 0 Å². The van der Waals surface area contributed by atoms with Gasteiger partial charge in [-0.2, -0.15) is 0 Å². The fourth-order valence-corrected chi connectivity index (χ4v) is 3.62. The molecule has 3 rings (SSSR count). The van der Waals surface area contributed by atoms with E-state index in [0.29, 0.717) is 18.7 Å². The molecule has 0 saturated carbocycles. The highest BCUT2D eigenvalue weighted by molar-refractivity contribution is 9.10. The van der Waals surface area contributed by atoms with Crippen molar-refractivity contribution in [2.24, 2.45) is 0 Å². The molecule has 1 aliphatic heterocycles. The molecule has 1 saturated heterocycles. The number of carbonyl (C=O) groups excluding carboxylic acids is 2. The number of methoxy groups -OCH3 is 1. The van der Waals surface area contributed by atoms with E-state index in [1.807, 2.05) is 35.2 Å². The van der Waals surface area contributed by atoms with Crippen LogP contribution in [0.4, 0.5) is 5.69 Å². The van der Waals surface area contributed by atoms with Crippen LogP contribution in [0.2, 0.25) is 0 Å². The van der Waals surface area contributed by atoms with Crippen LogP contribution in [0.5, 0.6) is 5.75 Å². The minimum absolute atomic E-state index is 0.00782. The van der Waals surface area contributed by atoms with Crippen LogP contribution in [-0.4, -0.2) is 56.5 Å². The Morgan fingerprint density at radius 2 is 1.86 bits per heavy atom. The second-order valence-corrected chi connectivity index (χ2v) is 7.53. The molecule has 0 atom stereocenters. The van der Waals surface area contributed by atoms with Crippen molar-refractivity contribution in [3.63, 3.8) is 0 Å². The van der Waals surface area contributed by atoms with Crippen molar-refractivity contribution in [2.75, 3.05) is 44.7 Å². The standard InChI is InChI=1S/C21H24BrN3O3/c1-28-19-8-6-18(7-9-19)24-10-3-11-25(13-12-24)20(26)15-23-21(27)16-4-2-5-17(22)14-16/h2,4-9,14H,3,10-13,15H2,1H3,(H,23,27). The molecule has 0 radical (unpaired) electrons. The molecule has 7 heteroatoms. The molecule has 0 unspecified atom stereocenters. The lowest BCUT2D eigenvalue weighted by molar-refractivity contribution is -0.129. The maximum absolute atomic E-state index is 12.5. The molecule has 148 valence electrons. The van der Waals surface area contributed by atoms with Crippen LogP contribution in [0, 0.1) is 0 Å². The number of nitrogens with one attached hydrogen (secondary N) is 1. The lowest BCUT2D eigenvalue weighted by Gasteiger charge is -2.24. The second-order valence-electron chi connectivity index (χ2n) is 6.61. The van der Waals surface area contributed by atoms with Gasteiger partial charge in [-0.1, -0.05) is 22.0 Å². The highest BCUT2D eigenvalue weighted by Crippen LogP contribution is 2.20. The van der Waals surface area contributed by atoms with Crippen molar-refractivity contribution < 1.29 is 14.3 Å². The molecule has 1 N–H and O–H groups in total. The van der Waals surface area contributed by atoms with Gasteiger partial charge in [-0.05, 0) is 48.9 Å². The van der Waals surface area contributed by atoms with Gasteiger partial charge in [0.1, 0.15) is 5.75 Å². The molecule has 0 aliphatic carbocycles. The Morgan fingerprint density at radius 3 is 2.57 bits per heavy atom. The summed E-state index contributed by atoms with van der Waals surface area (Å²) in [6.45, 7) is 2.99. The Kier molecular flexibility index (Phi) is 6.92. The number of hydrogen-bond acceptors (Lipinski definition) is 4. The van der Waals surface area contributed by atoms with Crippen molar-refractivity contribution in [3.05, 3.63) is 58.6 Å².